The predicted octanol–water partition coefficient (Wildman–Crippen LogP) is 4.94. The first-order valence-electron chi connectivity index (χ1n) is 9.65. The zero-order valence-corrected chi connectivity index (χ0v) is 16.4. The molecule has 0 atom stereocenters. The third-order valence-corrected chi connectivity index (χ3v) is 6.39. The molecule has 4 nitrogen and oxygen atoms in total. The number of carbonyl (C=O) groups is 1. The van der Waals surface area contributed by atoms with E-state index in [2.05, 4.69) is 23.4 Å². The largest absolute Gasteiger partial charge is 0.349 e. The maximum absolute atomic E-state index is 12.8. The van der Waals surface area contributed by atoms with Crippen LogP contribution in [0.4, 0.5) is 0 Å². The van der Waals surface area contributed by atoms with E-state index in [0.29, 0.717) is 6.04 Å². The summed E-state index contributed by atoms with van der Waals surface area (Å²) in [6, 6.07) is 16.3. The highest BCUT2D eigenvalue weighted by atomic mass is 32.2. The summed E-state index contributed by atoms with van der Waals surface area (Å²) in [5.41, 5.74) is 2.87. The van der Waals surface area contributed by atoms with Crippen molar-refractivity contribution in [3.05, 3.63) is 66.0 Å². The van der Waals surface area contributed by atoms with Gasteiger partial charge in [-0.25, -0.2) is 4.52 Å². The lowest BCUT2D eigenvalue weighted by Crippen LogP contribution is -2.37. The number of fused-ring (bicyclic) bond motifs is 1. The van der Waals surface area contributed by atoms with Crippen molar-refractivity contribution in [2.75, 3.05) is 0 Å². The normalized spacial score (nSPS) is 19.9. The van der Waals surface area contributed by atoms with Crippen LogP contribution in [-0.4, -0.2) is 21.6 Å². The zero-order chi connectivity index (χ0) is 18.6. The third kappa shape index (κ3) is 4.35. The summed E-state index contributed by atoms with van der Waals surface area (Å²) in [7, 11) is 0. The molecule has 140 valence electrons. The molecule has 1 aliphatic carbocycles. The van der Waals surface area contributed by atoms with Gasteiger partial charge >= 0.3 is 0 Å². The number of carbonyl (C=O) groups excluding carboxylic acids is 1. The number of amides is 1. The number of thioether (sulfide) groups is 1. The Morgan fingerprint density at radius 1 is 1.15 bits per heavy atom. The lowest BCUT2D eigenvalue weighted by atomic mass is 9.87. The first kappa shape index (κ1) is 18.1. The van der Waals surface area contributed by atoms with Gasteiger partial charge in [0, 0.05) is 22.9 Å². The number of aromatic nitrogens is 2. The molecule has 1 aliphatic rings. The SMILES string of the molecule is CC1CCC(NC(=O)c2ccccc2SCc2cc3ccccn3n2)CC1. The number of nitrogens with one attached hydrogen (secondary N) is 1. The monoisotopic (exact) mass is 379 g/mol. The number of nitrogens with zero attached hydrogens (tertiary/aromatic N) is 2. The molecule has 1 fully saturated rings. The molecule has 1 amide bonds. The lowest BCUT2D eigenvalue weighted by Gasteiger charge is -2.27. The summed E-state index contributed by atoms with van der Waals surface area (Å²) in [6.07, 6.45) is 6.54. The van der Waals surface area contributed by atoms with E-state index in [1.807, 2.05) is 53.2 Å². The minimum absolute atomic E-state index is 0.0488. The number of pyridine rings is 1. The van der Waals surface area contributed by atoms with Crippen molar-refractivity contribution in [1.29, 1.82) is 0 Å². The second-order valence-corrected chi connectivity index (χ2v) is 8.44. The number of rotatable bonds is 5. The molecule has 0 unspecified atom stereocenters. The Kier molecular flexibility index (Phi) is 5.48. The first-order valence-corrected chi connectivity index (χ1v) is 10.6. The Hall–Kier alpha value is -2.27. The van der Waals surface area contributed by atoms with Crippen molar-refractivity contribution in [3.8, 4) is 0 Å². The molecule has 2 aromatic heterocycles. The Bertz CT molecular complexity index is 895. The van der Waals surface area contributed by atoms with E-state index in [1.165, 1.54) is 12.8 Å². The minimum Gasteiger partial charge on any atom is -0.349 e. The molecule has 1 aromatic carbocycles. The molecule has 0 bridgehead atoms. The fraction of sp³-hybridized carbons (Fsp3) is 0.364. The van der Waals surface area contributed by atoms with E-state index < -0.39 is 0 Å². The van der Waals surface area contributed by atoms with Crippen LogP contribution >= 0.6 is 11.8 Å². The van der Waals surface area contributed by atoms with Crippen molar-refractivity contribution < 1.29 is 4.79 Å². The van der Waals surface area contributed by atoms with Gasteiger partial charge < -0.3 is 5.32 Å². The van der Waals surface area contributed by atoms with Crippen LogP contribution < -0.4 is 5.32 Å². The molecule has 0 saturated heterocycles. The van der Waals surface area contributed by atoms with E-state index in [4.69, 9.17) is 0 Å². The second-order valence-electron chi connectivity index (χ2n) is 7.42. The van der Waals surface area contributed by atoms with Crippen LogP contribution in [0.1, 0.15) is 48.7 Å². The van der Waals surface area contributed by atoms with Gasteiger partial charge in [0.2, 0.25) is 0 Å². The molecular formula is C22H25N3OS. The van der Waals surface area contributed by atoms with Gasteiger partial charge in [-0.2, -0.15) is 5.10 Å². The zero-order valence-electron chi connectivity index (χ0n) is 15.6. The quantitative estimate of drug-likeness (QED) is 0.639. The lowest BCUT2D eigenvalue weighted by molar-refractivity contribution is 0.0920. The van der Waals surface area contributed by atoms with Crippen molar-refractivity contribution in [1.82, 2.24) is 14.9 Å². The highest BCUT2D eigenvalue weighted by Gasteiger charge is 2.21. The Balaban J connectivity index is 1.43. The Morgan fingerprint density at radius 3 is 2.74 bits per heavy atom. The first-order chi connectivity index (χ1) is 13.2. The number of hydrogen-bond donors (Lipinski definition) is 1. The summed E-state index contributed by atoms with van der Waals surface area (Å²) in [4.78, 5) is 13.8. The second kappa shape index (κ2) is 8.17. The van der Waals surface area contributed by atoms with Crippen LogP contribution in [0.25, 0.3) is 5.52 Å². The van der Waals surface area contributed by atoms with Crippen molar-refractivity contribution >= 4 is 23.2 Å². The van der Waals surface area contributed by atoms with Gasteiger partial charge in [0.15, 0.2) is 0 Å². The summed E-state index contributed by atoms with van der Waals surface area (Å²) >= 11 is 1.67. The van der Waals surface area contributed by atoms with Gasteiger partial charge in [-0.15, -0.1) is 11.8 Å². The maximum atomic E-state index is 12.8. The Labute approximate surface area is 164 Å². The maximum Gasteiger partial charge on any atom is 0.252 e. The van der Waals surface area contributed by atoms with Gasteiger partial charge in [0.05, 0.1) is 16.8 Å². The average Bonchev–Trinajstić information content (AvgIpc) is 3.11. The van der Waals surface area contributed by atoms with Gasteiger partial charge in [0.1, 0.15) is 0 Å². The molecule has 0 radical (unpaired) electrons. The molecule has 1 saturated carbocycles. The van der Waals surface area contributed by atoms with E-state index in [-0.39, 0.29) is 5.91 Å². The van der Waals surface area contributed by atoms with Gasteiger partial charge in [-0.05, 0) is 61.9 Å². The smallest absolute Gasteiger partial charge is 0.252 e. The summed E-state index contributed by atoms with van der Waals surface area (Å²) < 4.78 is 1.89. The molecule has 5 heteroatoms. The molecule has 3 aromatic rings. The highest BCUT2D eigenvalue weighted by molar-refractivity contribution is 7.98. The predicted molar refractivity (Wildman–Crippen MR) is 110 cm³/mol. The van der Waals surface area contributed by atoms with Crippen molar-refractivity contribution in [3.63, 3.8) is 0 Å². The van der Waals surface area contributed by atoms with Crippen LogP contribution in [-0.2, 0) is 5.75 Å². The van der Waals surface area contributed by atoms with E-state index in [0.717, 1.165) is 46.2 Å². The molecule has 0 spiro atoms. The van der Waals surface area contributed by atoms with Crippen LogP contribution in [0.5, 0.6) is 0 Å². The van der Waals surface area contributed by atoms with E-state index in [9.17, 15) is 4.79 Å². The van der Waals surface area contributed by atoms with Gasteiger partial charge in [-0.1, -0.05) is 25.1 Å². The van der Waals surface area contributed by atoms with E-state index >= 15 is 0 Å². The molecule has 4 rings (SSSR count). The fourth-order valence-corrected chi connectivity index (χ4v) is 4.60. The molecule has 27 heavy (non-hydrogen) atoms. The summed E-state index contributed by atoms with van der Waals surface area (Å²) in [5.74, 6) is 1.58. The summed E-state index contributed by atoms with van der Waals surface area (Å²) in [6.45, 7) is 2.29. The number of hydrogen-bond acceptors (Lipinski definition) is 3. The molecular weight excluding hydrogens is 354 g/mol. The molecule has 0 aliphatic heterocycles. The van der Waals surface area contributed by atoms with Gasteiger partial charge in [-0.3, -0.25) is 4.79 Å². The average molecular weight is 380 g/mol. The summed E-state index contributed by atoms with van der Waals surface area (Å²) in [5, 5.41) is 7.84. The van der Waals surface area contributed by atoms with Crippen LogP contribution in [0.2, 0.25) is 0 Å². The van der Waals surface area contributed by atoms with Crippen LogP contribution in [0, 0.1) is 5.92 Å². The van der Waals surface area contributed by atoms with Crippen LogP contribution in [0.15, 0.2) is 59.6 Å². The van der Waals surface area contributed by atoms with Crippen molar-refractivity contribution in [2.24, 2.45) is 5.92 Å². The highest BCUT2D eigenvalue weighted by Crippen LogP contribution is 2.28. The number of benzene rings is 1. The van der Waals surface area contributed by atoms with Crippen molar-refractivity contribution in [2.45, 2.75) is 49.3 Å². The van der Waals surface area contributed by atoms with Crippen LogP contribution in [0.3, 0.4) is 0 Å². The fourth-order valence-electron chi connectivity index (χ4n) is 3.66. The topological polar surface area (TPSA) is 46.4 Å². The standard InChI is InChI=1S/C22H25N3OS/c1-16-9-11-17(12-10-16)23-22(26)20-7-2-3-8-21(20)27-15-18-14-19-6-4-5-13-25(19)24-18/h2-8,13-14,16-17H,9-12,15H2,1H3,(H,23,26). The van der Waals surface area contributed by atoms with E-state index in [1.54, 1.807) is 11.8 Å². The van der Waals surface area contributed by atoms with Gasteiger partial charge in [0.25, 0.3) is 5.91 Å². The third-order valence-electron chi connectivity index (χ3n) is 5.28. The Morgan fingerprint density at radius 2 is 1.93 bits per heavy atom. The molecule has 2 heterocycles. The minimum atomic E-state index is 0.0488. The molecule has 1 N–H and O–H groups in total.